The summed E-state index contributed by atoms with van der Waals surface area (Å²) in [6, 6.07) is 7.50. The van der Waals surface area contributed by atoms with Gasteiger partial charge in [0, 0.05) is 5.02 Å². The topological polar surface area (TPSA) is 20.2 Å². The van der Waals surface area contributed by atoms with Crippen molar-refractivity contribution < 1.29 is 5.11 Å². The van der Waals surface area contributed by atoms with Gasteiger partial charge in [0.1, 0.15) is 0 Å². The first-order valence-electron chi connectivity index (χ1n) is 4.65. The minimum atomic E-state index is -0.556. The largest absolute Gasteiger partial charge is 0.385 e. The summed E-state index contributed by atoms with van der Waals surface area (Å²) in [4.78, 5) is 0. The maximum Gasteiger partial charge on any atom is 0.0929 e. The van der Waals surface area contributed by atoms with Crippen molar-refractivity contribution in [2.45, 2.75) is 25.4 Å². The number of aliphatic hydroxyl groups is 1. The van der Waals surface area contributed by atoms with Crippen molar-refractivity contribution in [3.05, 3.63) is 34.9 Å². The Hall–Kier alpha value is -0.530. The quantitative estimate of drug-likeness (QED) is 0.771. The number of hydrogen-bond donors (Lipinski definition) is 1. The zero-order valence-electron chi connectivity index (χ0n) is 7.63. The molecule has 2 atom stereocenters. The maximum atomic E-state index is 10.1. The van der Waals surface area contributed by atoms with Gasteiger partial charge in [0.05, 0.1) is 5.60 Å². The molecule has 70 valence electrons. The number of rotatable bonds is 2. The molecule has 0 saturated heterocycles. The average molecular weight is 197 g/mol. The van der Waals surface area contributed by atoms with E-state index in [1.54, 1.807) is 0 Å². The highest BCUT2D eigenvalue weighted by atomic mass is 35.5. The van der Waals surface area contributed by atoms with Crippen LogP contribution in [0.4, 0.5) is 0 Å². The Labute approximate surface area is 83.3 Å². The lowest BCUT2D eigenvalue weighted by Crippen LogP contribution is -2.07. The molecule has 2 unspecified atom stereocenters. The third kappa shape index (κ3) is 1.47. The molecule has 1 saturated carbocycles. The second-order valence-electron chi connectivity index (χ2n) is 3.74. The second-order valence-corrected chi connectivity index (χ2v) is 4.18. The molecule has 0 heterocycles. The van der Waals surface area contributed by atoms with E-state index in [2.05, 4.69) is 6.92 Å². The van der Waals surface area contributed by atoms with Gasteiger partial charge in [-0.25, -0.2) is 0 Å². The van der Waals surface area contributed by atoms with Crippen molar-refractivity contribution in [2.24, 2.45) is 5.92 Å². The van der Waals surface area contributed by atoms with Gasteiger partial charge in [-0.2, -0.15) is 0 Å². The van der Waals surface area contributed by atoms with Crippen molar-refractivity contribution in [3.8, 4) is 0 Å². The van der Waals surface area contributed by atoms with Crippen molar-refractivity contribution in [1.82, 2.24) is 0 Å². The summed E-state index contributed by atoms with van der Waals surface area (Å²) in [7, 11) is 0. The van der Waals surface area contributed by atoms with Gasteiger partial charge in [0.25, 0.3) is 0 Å². The lowest BCUT2D eigenvalue weighted by molar-refractivity contribution is 0.130. The van der Waals surface area contributed by atoms with Crippen LogP contribution in [0, 0.1) is 5.92 Å². The highest BCUT2D eigenvalue weighted by Gasteiger charge is 2.52. The van der Waals surface area contributed by atoms with Gasteiger partial charge >= 0.3 is 0 Å². The molecule has 1 nitrogen and oxygen atoms in total. The second kappa shape index (κ2) is 3.00. The molecular weight excluding hydrogens is 184 g/mol. The summed E-state index contributed by atoms with van der Waals surface area (Å²) >= 11 is 5.77. The standard InChI is InChI=1S/C11H13ClO/c1-2-8-7-11(8,13)9-3-5-10(12)6-4-9/h3-6,8,13H,2,7H2,1H3. The van der Waals surface area contributed by atoms with Crippen LogP contribution in [0.2, 0.25) is 5.02 Å². The molecule has 1 aromatic carbocycles. The maximum absolute atomic E-state index is 10.1. The summed E-state index contributed by atoms with van der Waals surface area (Å²) < 4.78 is 0. The fourth-order valence-corrected chi connectivity index (χ4v) is 2.02. The van der Waals surface area contributed by atoms with Crippen LogP contribution in [0.25, 0.3) is 0 Å². The molecule has 1 fully saturated rings. The molecule has 2 rings (SSSR count). The van der Waals surface area contributed by atoms with E-state index < -0.39 is 5.60 Å². The molecule has 1 aliphatic carbocycles. The van der Waals surface area contributed by atoms with E-state index in [1.807, 2.05) is 24.3 Å². The Morgan fingerprint density at radius 3 is 2.54 bits per heavy atom. The number of hydrogen-bond acceptors (Lipinski definition) is 1. The normalized spacial score (nSPS) is 31.8. The predicted molar refractivity (Wildman–Crippen MR) is 53.7 cm³/mol. The average Bonchev–Trinajstić information content (AvgIpc) is 2.80. The third-order valence-electron chi connectivity index (χ3n) is 2.91. The smallest absolute Gasteiger partial charge is 0.0929 e. The molecule has 1 aromatic rings. The summed E-state index contributed by atoms with van der Waals surface area (Å²) in [5, 5.41) is 10.8. The lowest BCUT2D eigenvalue weighted by atomic mass is 10.1. The van der Waals surface area contributed by atoms with E-state index in [0.29, 0.717) is 5.92 Å². The summed E-state index contributed by atoms with van der Waals surface area (Å²) in [5.74, 6) is 0.439. The monoisotopic (exact) mass is 196 g/mol. The highest BCUT2D eigenvalue weighted by Crippen LogP contribution is 2.53. The Bertz CT molecular complexity index is 306. The molecule has 0 radical (unpaired) electrons. The van der Waals surface area contributed by atoms with Crippen LogP contribution in [-0.4, -0.2) is 5.11 Å². The molecule has 1 aliphatic rings. The first-order valence-corrected chi connectivity index (χ1v) is 5.03. The van der Waals surface area contributed by atoms with Gasteiger partial charge in [0.15, 0.2) is 0 Å². The van der Waals surface area contributed by atoms with Gasteiger partial charge in [-0.1, -0.05) is 37.1 Å². The van der Waals surface area contributed by atoms with Gasteiger partial charge in [-0.05, 0) is 30.0 Å². The van der Waals surface area contributed by atoms with Crippen molar-refractivity contribution in [3.63, 3.8) is 0 Å². The predicted octanol–water partition coefficient (Wildman–Crippen LogP) is 2.96. The summed E-state index contributed by atoms with van der Waals surface area (Å²) in [6.45, 7) is 2.11. The van der Waals surface area contributed by atoms with Crippen LogP contribution >= 0.6 is 11.6 Å². The molecular formula is C11H13ClO. The fraction of sp³-hybridized carbons (Fsp3) is 0.455. The first kappa shape index (κ1) is 9.04. The SMILES string of the molecule is CCC1CC1(O)c1ccc(Cl)cc1. The van der Waals surface area contributed by atoms with E-state index in [4.69, 9.17) is 11.6 Å². The first-order chi connectivity index (χ1) is 6.16. The molecule has 1 N–H and O–H groups in total. The van der Waals surface area contributed by atoms with E-state index in [-0.39, 0.29) is 0 Å². The molecule has 0 bridgehead atoms. The number of halogens is 1. The molecule has 0 aliphatic heterocycles. The Morgan fingerprint density at radius 1 is 1.46 bits per heavy atom. The zero-order valence-corrected chi connectivity index (χ0v) is 8.38. The minimum absolute atomic E-state index is 0.439. The van der Waals surface area contributed by atoms with Crippen molar-refractivity contribution in [1.29, 1.82) is 0 Å². The third-order valence-corrected chi connectivity index (χ3v) is 3.16. The lowest BCUT2D eigenvalue weighted by Gasteiger charge is -2.09. The molecule has 13 heavy (non-hydrogen) atoms. The Morgan fingerprint density at radius 2 is 2.08 bits per heavy atom. The Balaban J connectivity index is 2.23. The van der Waals surface area contributed by atoms with E-state index >= 15 is 0 Å². The minimum Gasteiger partial charge on any atom is -0.385 e. The fourth-order valence-electron chi connectivity index (χ4n) is 1.89. The van der Waals surface area contributed by atoms with Crippen LogP contribution in [-0.2, 0) is 5.60 Å². The Kier molecular flexibility index (Phi) is 2.09. The van der Waals surface area contributed by atoms with E-state index in [0.717, 1.165) is 23.4 Å². The van der Waals surface area contributed by atoms with Crippen molar-refractivity contribution in [2.75, 3.05) is 0 Å². The molecule has 2 heteroatoms. The van der Waals surface area contributed by atoms with Crippen LogP contribution in [0.5, 0.6) is 0 Å². The number of benzene rings is 1. The van der Waals surface area contributed by atoms with Crippen LogP contribution < -0.4 is 0 Å². The zero-order chi connectivity index (χ0) is 9.47. The van der Waals surface area contributed by atoms with Crippen LogP contribution in [0.3, 0.4) is 0 Å². The van der Waals surface area contributed by atoms with E-state index in [9.17, 15) is 5.11 Å². The molecule has 0 aromatic heterocycles. The molecule has 0 spiro atoms. The summed E-state index contributed by atoms with van der Waals surface area (Å²) in [5.41, 5.74) is 0.447. The van der Waals surface area contributed by atoms with Gasteiger partial charge in [-0.15, -0.1) is 0 Å². The van der Waals surface area contributed by atoms with Crippen molar-refractivity contribution >= 4 is 11.6 Å². The molecule has 0 amide bonds. The van der Waals surface area contributed by atoms with E-state index in [1.165, 1.54) is 0 Å². The van der Waals surface area contributed by atoms with Gasteiger partial charge < -0.3 is 5.11 Å². The van der Waals surface area contributed by atoms with Crippen LogP contribution in [0.15, 0.2) is 24.3 Å². The summed E-state index contributed by atoms with van der Waals surface area (Å²) in [6.07, 6.45) is 1.93. The van der Waals surface area contributed by atoms with Gasteiger partial charge in [0.2, 0.25) is 0 Å². The highest BCUT2D eigenvalue weighted by molar-refractivity contribution is 6.30. The van der Waals surface area contributed by atoms with Gasteiger partial charge in [-0.3, -0.25) is 0 Å². The van der Waals surface area contributed by atoms with Crippen LogP contribution in [0.1, 0.15) is 25.3 Å².